The lowest BCUT2D eigenvalue weighted by Crippen LogP contribution is -2.50. The molecule has 0 aromatic carbocycles. The molecule has 1 unspecified atom stereocenters. The molecule has 0 heterocycles. The van der Waals surface area contributed by atoms with Crippen LogP contribution in [0, 0.1) is 0 Å². The van der Waals surface area contributed by atoms with E-state index in [-0.39, 0.29) is 32.0 Å². The highest BCUT2D eigenvalue weighted by molar-refractivity contribution is 5.86. The summed E-state index contributed by atoms with van der Waals surface area (Å²) in [6, 6.07) is -1.81. The van der Waals surface area contributed by atoms with E-state index in [0.717, 1.165) is 0 Å². The van der Waals surface area contributed by atoms with Gasteiger partial charge in [0.05, 0.1) is 0 Å². The zero-order valence-corrected chi connectivity index (χ0v) is 11.2. The molecule has 0 aliphatic rings. The summed E-state index contributed by atoms with van der Waals surface area (Å²) >= 11 is 0. The van der Waals surface area contributed by atoms with Crippen molar-refractivity contribution in [2.45, 2.75) is 26.3 Å². The summed E-state index contributed by atoms with van der Waals surface area (Å²) in [5.41, 5.74) is 0. The van der Waals surface area contributed by atoms with Crippen molar-refractivity contribution in [1.29, 1.82) is 0 Å². The lowest BCUT2D eigenvalue weighted by atomic mass is 10.2. The maximum absolute atomic E-state index is 11.8. The van der Waals surface area contributed by atoms with Gasteiger partial charge in [0.25, 0.3) is 0 Å². The van der Waals surface area contributed by atoms with Gasteiger partial charge in [0.2, 0.25) is 5.91 Å². The number of nitrogens with one attached hydrogen (secondary N) is 2. The van der Waals surface area contributed by atoms with Crippen LogP contribution in [0.5, 0.6) is 0 Å². The fourth-order valence-corrected chi connectivity index (χ4v) is 1.38. The number of amides is 3. The molecular formula is C11H21N3O5. The molecule has 0 bridgehead atoms. The molecule has 19 heavy (non-hydrogen) atoms. The molecule has 0 saturated carbocycles. The zero-order valence-electron chi connectivity index (χ0n) is 11.2. The fraction of sp³-hybridized carbons (Fsp3) is 0.727. The smallest absolute Gasteiger partial charge is 0.326 e. The summed E-state index contributed by atoms with van der Waals surface area (Å²) in [7, 11) is 0. The number of aliphatic hydroxyl groups excluding tert-OH is 1. The highest BCUT2D eigenvalue weighted by Gasteiger charge is 2.23. The van der Waals surface area contributed by atoms with Crippen LogP contribution < -0.4 is 10.6 Å². The number of carboxylic acid groups (broad SMARTS) is 1. The van der Waals surface area contributed by atoms with Crippen molar-refractivity contribution in [1.82, 2.24) is 15.5 Å². The molecule has 0 aliphatic heterocycles. The number of rotatable bonds is 8. The Morgan fingerprint density at radius 3 is 2.32 bits per heavy atom. The zero-order chi connectivity index (χ0) is 14.8. The first-order valence-electron chi connectivity index (χ1n) is 6.12. The second-order valence-electron chi connectivity index (χ2n) is 3.82. The second kappa shape index (κ2) is 9.15. The first kappa shape index (κ1) is 17.2. The van der Waals surface area contributed by atoms with Gasteiger partial charge in [-0.15, -0.1) is 0 Å². The Hall–Kier alpha value is -1.83. The third-order valence-corrected chi connectivity index (χ3v) is 2.39. The van der Waals surface area contributed by atoms with E-state index in [2.05, 4.69) is 10.6 Å². The van der Waals surface area contributed by atoms with Gasteiger partial charge in [-0.3, -0.25) is 4.79 Å². The number of carbonyl (C=O) groups is 3. The molecule has 0 fully saturated rings. The predicted molar refractivity (Wildman–Crippen MR) is 67.6 cm³/mol. The SMILES string of the molecule is CCNC(=O)CN(CC)C(=O)NC(CCO)C(=O)O. The van der Waals surface area contributed by atoms with E-state index in [4.69, 9.17) is 10.2 Å². The molecule has 8 heteroatoms. The Labute approximate surface area is 111 Å². The van der Waals surface area contributed by atoms with Crippen LogP contribution in [0.2, 0.25) is 0 Å². The molecule has 4 N–H and O–H groups in total. The summed E-state index contributed by atoms with van der Waals surface area (Å²) in [5.74, 6) is -1.54. The van der Waals surface area contributed by atoms with Gasteiger partial charge in [-0.05, 0) is 13.8 Å². The van der Waals surface area contributed by atoms with E-state index in [1.165, 1.54) is 4.90 Å². The molecule has 0 rings (SSSR count). The van der Waals surface area contributed by atoms with Gasteiger partial charge in [0, 0.05) is 26.1 Å². The van der Waals surface area contributed by atoms with E-state index < -0.39 is 18.0 Å². The van der Waals surface area contributed by atoms with Crippen LogP contribution in [-0.4, -0.2) is 65.3 Å². The standard InChI is InChI=1S/C11H21N3O5/c1-3-12-9(16)7-14(4-2)11(19)13-8(5-6-15)10(17)18/h8,15H,3-7H2,1-2H3,(H,12,16)(H,13,19)(H,17,18). The van der Waals surface area contributed by atoms with E-state index in [1.807, 2.05) is 0 Å². The Morgan fingerprint density at radius 2 is 1.89 bits per heavy atom. The van der Waals surface area contributed by atoms with Gasteiger partial charge in [0.15, 0.2) is 0 Å². The minimum Gasteiger partial charge on any atom is -0.480 e. The van der Waals surface area contributed by atoms with E-state index in [0.29, 0.717) is 6.54 Å². The molecule has 0 aromatic heterocycles. The fourth-order valence-electron chi connectivity index (χ4n) is 1.38. The molecule has 0 aromatic rings. The topological polar surface area (TPSA) is 119 Å². The van der Waals surface area contributed by atoms with Gasteiger partial charge in [-0.2, -0.15) is 0 Å². The normalized spacial score (nSPS) is 11.5. The maximum Gasteiger partial charge on any atom is 0.326 e. The number of carboxylic acids is 1. The van der Waals surface area contributed by atoms with E-state index in [1.54, 1.807) is 13.8 Å². The van der Waals surface area contributed by atoms with E-state index in [9.17, 15) is 14.4 Å². The minimum absolute atomic E-state index is 0.0835. The van der Waals surface area contributed by atoms with Crippen LogP contribution in [0.1, 0.15) is 20.3 Å². The maximum atomic E-state index is 11.8. The van der Waals surface area contributed by atoms with Gasteiger partial charge < -0.3 is 25.7 Å². The van der Waals surface area contributed by atoms with Crippen molar-refractivity contribution < 1.29 is 24.6 Å². The monoisotopic (exact) mass is 275 g/mol. The minimum atomic E-state index is -1.23. The molecule has 0 spiro atoms. The molecular weight excluding hydrogens is 254 g/mol. The van der Waals surface area contributed by atoms with E-state index >= 15 is 0 Å². The average molecular weight is 275 g/mol. The summed E-state index contributed by atoms with van der Waals surface area (Å²) < 4.78 is 0. The summed E-state index contributed by atoms with van der Waals surface area (Å²) in [6.07, 6.45) is -0.0835. The number of nitrogens with zero attached hydrogens (tertiary/aromatic N) is 1. The van der Waals surface area contributed by atoms with Crippen LogP contribution >= 0.6 is 0 Å². The number of aliphatic hydroxyl groups is 1. The molecule has 0 aliphatic carbocycles. The largest absolute Gasteiger partial charge is 0.480 e. The van der Waals surface area contributed by atoms with Crippen LogP contribution in [0.25, 0.3) is 0 Å². The predicted octanol–water partition coefficient (Wildman–Crippen LogP) is -1.01. The van der Waals surface area contributed by atoms with Gasteiger partial charge in [-0.25, -0.2) is 9.59 Å². The lowest BCUT2D eigenvalue weighted by molar-refractivity contribution is -0.139. The quantitative estimate of drug-likeness (QED) is 0.452. The third kappa shape index (κ3) is 6.61. The lowest BCUT2D eigenvalue weighted by Gasteiger charge is -2.23. The Kier molecular flexibility index (Phi) is 8.27. The number of carbonyl (C=O) groups excluding carboxylic acids is 2. The van der Waals surface area contributed by atoms with Crippen molar-refractivity contribution >= 4 is 17.9 Å². The average Bonchev–Trinajstić information content (AvgIpc) is 2.35. The number of hydrogen-bond donors (Lipinski definition) is 4. The number of aliphatic carboxylic acids is 1. The third-order valence-electron chi connectivity index (χ3n) is 2.39. The summed E-state index contributed by atoms with van der Waals surface area (Å²) in [5, 5.41) is 22.4. The summed E-state index contributed by atoms with van der Waals surface area (Å²) in [4.78, 5) is 35.2. The van der Waals surface area contributed by atoms with Crippen LogP contribution in [0.15, 0.2) is 0 Å². The van der Waals surface area contributed by atoms with Gasteiger partial charge in [0.1, 0.15) is 12.6 Å². The van der Waals surface area contributed by atoms with Crippen LogP contribution in [0.4, 0.5) is 4.79 Å². The molecule has 0 radical (unpaired) electrons. The number of likely N-dealkylation sites (N-methyl/N-ethyl adjacent to an activating group) is 2. The van der Waals surface area contributed by atoms with Crippen LogP contribution in [0.3, 0.4) is 0 Å². The Balaban J connectivity index is 4.48. The second-order valence-corrected chi connectivity index (χ2v) is 3.82. The first-order chi connectivity index (χ1) is 8.96. The highest BCUT2D eigenvalue weighted by atomic mass is 16.4. The highest BCUT2D eigenvalue weighted by Crippen LogP contribution is 1.96. The molecule has 110 valence electrons. The molecule has 3 amide bonds. The van der Waals surface area contributed by atoms with Crippen molar-refractivity contribution in [2.24, 2.45) is 0 Å². The van der Waals surface area contributed by atoms with Gasteiger partial charge in [-0.1, -0.05) is 0 Å². The molecule has 1 atom stereocenters. The summed E-state index contributed by atoms with van der Waals surface area (Å²) in [6.45, 7) is 3.69. The number of hydrogen-bond acceptors (Lipinski definition) is 4. The first-order valence-corrected chi connectivity index (χ1v) is 6.12. The Bertz CT molecular complexity index is 321. The van der Waals surface area contributed by atoms with Crippen molar-refractivity contribution in [2.75, 3.05) is 26.2 Å². The van der Waals surface area contributed by atoms with Crippen molar-refractivity contribution in [3.63, 3.8) is 0 Å². The van der Waals surface area contributed by atoms with Crippen molar-refractivity contribution in [3.05, 3.63) is 0 Å². The van der Waals surface area contributed by atoms with Crippen molar-refractivity contribution in [3.8, 4) is 0 Å². The molecule has 8 nitrogen and oxygen atoms in total. The van der Waals surface area contributed by atoms with Crippen LogP contribution in [-0.2, 0) is 9.59 Å². The Morgan fingerprint density at radius 1 is 1.26 bits per heavy atom. The molecule has 0 saturated heterocycles. The number of urea groups is 1. The van der Waals surface area contributed by atoms with Gasteiger partial charge >= 0.3 is 12.0 Å².